The highest BCUT2D eigenvalue weighted by Gasteiger charge is 2.16. The van der Waals surface area contributed by atoms with Crippen LogP contribution >= 0.6 is 0 Å². The lowest BCUT2D eigenvalue weighted by Gasteiger charge is -2.09. The molecule has 0 amide bonds. The fraction of sp³-hybridized carbons (Fsp3) is 0.231. The Bertz CT molecular complexity index is 585. The number of anilines is 3. The number of nitrogens with zero attached hydrogens (tertiary/aromatic N) is 3. The van der Waals surface area contributed by atoms with Crippen LogP contribution in [-0.2, 0) is 4.79 Å². The zero-order chi connectivity index (χ0) is 13.8. The van der Waals surface area contributed by atoms with Crippen LogP contribution in [0.4, 0.5) is 17.6 Å². The number of carbonyl (C=O) groups is 1. The number of aromatic nitrogens is 3. The molecule has 0 unspecified atom stereocenters. The molecule has 0 bridgehead atoms. The van der Waals surface area contributed by atoms with E-state index < -0.39 is 5.92 Å². The number of rotatable bonds is 4. The van der Waals surface area contributed by atoms with Crippen molar-refractivity contribution >= 4 is 23.4 Å². The minimum absolute atomic E-state index is 0.0174. The zero-order valence-electron chi connectivity index (χ0n) is 10.8. The highest BCUT2D eigenvalue weighted by atomic mass is 16.1. The molecule has 3 N–H and O–H groups in total. The van der Waals surface area contributed by atoms with Crippen LogP contribution in [-0.4, -0.2) is 20.7 Å². The predicted octanol–water partition coefficient (Wildman–Crippen LogP) is 1.89. The van der Waals surface area contributed by atoms with Crippen molar-refractivity contribution in [2.75, 3.05) is 11.1 Å². The number of carbonyl (C=O) groups excluding carboxylic acids is 1. The largest absolute Gasteiger partial charge is 0.368 e. The fourth-order valence-corrected chi connectivity index (χ4v) is 1.49. The molecular formula is C13H15N5O. The topological polar surface area (TPSA) is 93.8 Å². The van der Waals surface area contributed by atoms with Crippen molar-refractivity contribution in [2.24, 2.45) is 0 Å². The van der Waals surface area contributed by atoms with Crippen LogP contribution < -0.4 is 11.1 Å². The summed E-state index contributed by atoms with van der Waals surface area (Å²) in [6, 6.07) is 9.47. The predicted molar refractivity (Wildman–Crippen MR) is 73.1 cm³/mol. The SMILES string of the molecule is CC(=O)[C@@H](C)c1nc(N)nc(Nc2ccccc2)n1. The third-order valence-corrected chi connectivity index (χ3v) is 2.70. The van der Waals surface area contributed by atoms with Crippen LogP contribution in [0.25, 0.3) is 0 Å². The van der Waals surface area contributed by atoms with E-state index in [9.17, 15) is 4.79 Å². The lowest BCUT2D eigenvalue weighted by molar-refractivity contribution is -0.118. The van der Waals surface area contributed by atoms with E-state index in [0.29, 0.717) is 11.8 Å². The Kier molecular flexibility index (Phi) is 3.70. The van der Waals surface area contributed by atoms with Crippen molar-refractivity contribution in [3.8, 4) is 0 Å². The van der Waals surface area contributed by atoms with E-state index in [4.69, 9.17) is 5.73 Å². The van der Waals surface area contributed by atoms with Crippen LogP contribution in [0.2, 0.25) is 0 Å². The molecule has 1 heterocycles. The molecular weight excluding hydrogens is 242 g/mol. The summed E-state index contributed by atoms with van der Waals surface area (Å²) in [4.78, 5) is 23.6. The number of para-hydroxylation sites is 1. The average Bonchev–Trinajstić information content (AvgIpc) is 2.38. The molecule has 0 fully saturated rings. The first-order valence-electron chi connectivity index (χ1n) is 5.90. The molecule has 6 heteroatoms. The number of Topliss-reactive ketones (excluding diaryl/α,β-unsaturated/α-hetero) is 1. The van der Waals surface area contributed by atoms with Gasteiger partial charge in [0.05, 0.1) is 5.92 Å². The summed E-state index contributed by atoms with van der Waals surface area (Å²) in [6.07, 6.45) is 0. The highest BCUT2D eigenvalue weighted by Crippen LogP contribution is 2.17. The third kappa shape index (κ3) is 3.25. The van der Waals surface area contributed by atoms with Gasteiger partial charge >= 0.3 is 0 Å². The monoisotopic (exact) mass is 257 g/mol. The molecule has 0 radical (unpaired) electrons. The summed E-state index contributed by atoms with van der Waals surface area (Å²) in [5.74, 6) is 0.384. The minimum atomic E-state index is -0.401. The smallest absolute Gasteiger partial charge is 0.232 e. The summed E-state index contributed by atoms with van der Waals surface area (Å²) in [6.45, 7) is 3.23. The molecule has 0 saturated carbocycles. The molecule has 1 atom stereocenters. The van der Waals surface area contributed by atoms with E-state index in [1.54, 1.807) is 6.92 Å². The molecule has 2 rings (SSSR count). The Morgan fingerprint density at radius 2 is 1.89 bits per heavy atom. The summed E-state index contributed by atoms with van der Waals surface area (Å²) in [5.41, 5.74) is 6.48. The van der Waals surface area contributed by atoms with Gasteiger partial charge in [0.25, 0.3) is 0 Å². The van der Waals surface area contributed by atoms with Crippen molar-refractivity contribution in [1.82, 2.24) is 15.0 Å². The summed E-state index contributed by atoms with van der Waals surface area (Å²) in [7, 11) is 0. The van der Waals surface area contributed by atoms with Crippen molar-refractivity contribution in [3.63, 3.8) is 0 Å². The number of hydrogen-bond acceptors (Lipinski definition) is 6. The lowest BCUT2D eigenvalue weighted by atomic mass is 10.1. The maximum absolute atomic E-state index is 11.4. The molecule has 98 valence electrons. The second kappa shape index (κ2) is 5.43. The van der Waals surface area contributed by atoms with Gasteiger partial charge in [0.15, 0.2) is 0 Å². The van der Waals surface area contributed by atoms with Crippen LogP contribution in [0.1, 0.15) is 25.6 Å². The van der Waals surface area contributed by atoms with Gasteiger partial charge in [-0.3, -0.25) is 4.79 Å². The maximum atomic E-state index is 11.4. The molecule has 6 nitrogen and oxygen atoms in total. The van der Waals surface area contributed by atoms with Crippen molar-refractivity contribution in [2.45, 2.75) is 19.8 Å². The average molecular weight is 257 g/mol. The van der Waals surface area contributed by atoms with Gasteiger partial charge in [-0.15, -0.1) is 0 Å². The van der Waals surface area contributed by atoms with Crippen molar-refractivity contribution in [1.29, 1.82) is 0 Å². The lowest BCUT2D eigenvalue weighted by Crippen LogP contribution is -2.13. The Labute approximate surface area is 111 Å². The number of nitrogens with one attached hydrogen (secondary N) is 1. The third-order valence-electron chi connectivity index (χ3n) is 2.70. The Hall–Kier alpha value is -2.50. The van der Waals surface area contributed by atoms with E-state index in [1.807, 2.05) is 30.3 Å². The van der Waals surface area contributed by atoms with Gasteiger partial charge in [-0.05, 0) is 26.0 Å². The molecule has 0 aliphatic carbocycles. The molecule has 19 heavy (non-hydrogen) atoms. The second-order valence-electron chi connectivity index (χ2n) is 4.20. The Balaban J connectivity index is 2.29. The molecule has 2 aromatic rings. The van der Waals surface area contributed by atoms with Gasteiger partial charge in [0.2, 0.25) is 11.9 Å². The fourth-order valence-electron chi connectivity index (χ4n) is 1.49. The maximum Gasteiger partial charge on any atom is 0.232 e. The Morgan fingerprint density at radius 3 is 2.53 bits per heavy atom. The van der Waals surface area contributed by atoms with Gasteiger partial charge < -0.3 is 11.1 Å². The highest BCUT2D eigenvalue weighted by molar-refractivity contribution is 5.82. The van der Waals surface area contributed by atoms with E-state index in [1.165, 1.54) is 6.92 Å². The molecule has 0 saturated heterocycles. The van der Waals surface area contributed by atoms with Crippen molar-refractivity contribution < 1.29 is 4.79 Å². The second-order valence-corrected chi connectivity index (χ2v) is 4.20. The minimum Gasteiger partial charge on any atom is -0.368 e. The van der Waals surface area contributed by atoms with Gasteiger partial charge in [-0.1, -0.05) is 18.2 Å². The van der Waals surface area contributed by atoms with Gasteiger partial charge in [0.1, 0.15) is 11.6 Å². The molecule has 1 aromatic carbocycles. The first-order valence-corrected chi connectivity index (χ1v) is 5.90. The van der Waals surface area contributed by atoms with Crippen LogP contribution in [0.5, 0.6) is 0 Å². The number of ketones is 1. The molecule has 1 aromatic heterocycles. The molecule has 0 aliphatic rings. The zero-order valence-corrected chi connectivity index (χ0v) is 10.8. The number of nitrogen functional groups attached to an aromatic ring is 1. The Morgan fingerprint density at radius 1 is 1.21 bits per heavy atom. The molecule has 0 aliphatic heterocycles. The number of benzene rings is 1. The van der Waals surface area contributed by atoms with Crippen LogP contribution in [0, 0.1) is 0 Å². The van der Waals surface area contributed by atoms with Gasteiger partial charge in [-0.2, -0.15) is 15.0 Å². The summed E-state index contributed by atoms with van der Waals surface area (Å²) >= 11 is 0. The van der Waals surface area contributed by atoms with E-state index in [-0.39, 0.29) is 11.7 Å². The van der Waals surface area contributed by atoms with E-state index in [0.717, 1.165) is 5.69 Å². The van der Waals surface area contributed by atoms with E-state index in [2.05, 4.69) is 20.3 Å². The van der Waals surface area contributed by atoms with E-state index >= 15 is 0 Å². The summed E-state index contributed by atoms with van der Waals surface area (Å²) < 4.78 is 0. The normalized spacial score (nSPS) is 11.9. The first kappa shape index (κ1) is 12.9. The number of nitrogens with two attached hydrogens (primary N) is 1. The quantitative estimate of drug-likeness (QED) is 0.868. The molecule has 0 spiro atoms. The van der Waals surface area contributed by atoms with Gasteiger partial charge in [-0.25, -0.2) is 0 Å². The van der Waals surface area contributed by atoms with Crippen LogP contribution in [0.3, 0.4) is 0 Å². The van der Waals surface area contributed by atoms with Crippen LogP contribution in [0.15, 0.2) is 30.3 Å². The first-order chi connectivity index (χ1) is 9.06. The number of hydrogen-bond donors (Lipinski definition) is 2. The summed E-state index contributed by atoms with van der Waals surface area (Å²) in [5, 5.41) is 3.03. The van der Waals surface area contributed by atoms with Gasteiger partial charge in [0, 0.05) is 5.69 Å². The van der Waals surface area contributed by atoms with Crippen molar-refractivity contribution in [3.05, 3.63) is 36.2 Å². The standard InChI is InChI=1S/C13H15N5O/c1-8(9(2)19)11-16-12(14)18-13(17-11)15-10-6-4-3-5-7-10/h3-8H,1-2H3,(H3,14,15,16,17,18)/t8-/m1/s1.